The summed E-state index contributed by atoms with van der Waals surface area (Å²) in [7, 11) is 1.66. The zero-order valence-electron chi connectivity index (χ0n) is 9.12. The highest BCUT2D eigenvalue weighted by Crippen LogP contribution is 2.11. The molecule has 0 aromatic carbocycles. The van der Waals surface area contributed by atoms with Crippen LogP contribution < -0.4 is 0 Å². The number of urea groups is 1. The van der Waals surface area contributed by atoms with Gasteiger partial charge < -0.3 is 4.90 Å². The lowest BCUT2D eigenvalue weighted by atomic mass is 10.1. The van der Waals surface area contributed by atoms with Crippen molar-refractivity contribution in [3.8, 4) is 0 Å². The highest BCUT2D eigenvalue weighted by atomic mass is 16.2. The number of hydrogen-bond donors (Lipinski definition) is 0. The predicted molar refractivity (Wildman–Crippen MR) is 53.8 cm³/mol. The Hall–Kier alpha value is -1.06. The van der Waals surface area contributed by atoms with Gasteiger partial charge in [0.25, 0.3) is 0 Å². The molecule has 0 aliphatic carbocycles. The molecule has 0 aromatic heterocycles. The zero-order valence-corrected chi connectivity index (χ0v) is 9.12. The molecule has 4 heteroatoms. The van der Waals surface area contributed by atoms with Gasteiger partial charge in [-0.1, -0.05) is 13.8 Å². The topological polar surface area (TPSA) is 40.6 Å². The summed E-state index contributed by atoms with van der Waals surface area (Å²) in [5.74, 6) is 0.557. The molecular formula is C10H18N2O2. The second-order valence-electron chi connectivity index (χ2n) is 4.22. The first-order chi connectivity index (χ1) is 6.52. The highest BCUT2D eigenvalue weighted by molar-refractivity contribution is 6.01. The lowest BCUT2D eigenvalue weighted by Crippen LogP contribution is -2.32. The molecule has 4 nitrogen and oxygen atoms in total. The molecule has 3 amide bonds. The maximum atomic E-state index is 11.4. The van der Waals surface area contributed by atoms with Crippen LogP contribution in [0.2, 0.25) is 0 Å². The van der Waals surface area contributed by atoms with Crippen molar-refractivity contribution < 1.29 is 9.59 Å². The number of rotatable bonds is 4. The van der Waals surface area contributed by atoms with E-state index in [9.17, 15) is 9.59 Å². The van der Waals surface area contributed by atoms with Crippen molar-refractivity contribution in [2.24, 2.45) is 5.92 Å². The number of carbonyl (C=O) groups is 2. The zero-order chi connectivity index (χ0) is 10.7. The van der Waals surface area contributed by atoms with Crippen LogP contribution in [0.15, 0.2) is 0 Å². The molecule has 0 radical (unpaired) electrons. The molecule has 1 saturated heterocycles. The molecule has 0 N–H and O–H groups in total. The number of amides is 3. The van der Waals surface area contributed by atoms with Crippen molar-refractivity contribution in [2.75, 3.05) is 20.1 Å². The summed E-state index contributed by atoms with van der Waals surface area (Å²) >= 11 is 0. The van der Waals surface area contributed by atoms with Gasteiger partial charge in [0.05, 0.1) is 0 Å². The van der Waals surface area contributed by atoms with Crippen molar-refractivity contribution in [3.63, 3.8) is 0 Å². The monoisotopic (exact) mass is 198 g/mol. The minimum Gasteiger partial charge on any atom is -0.318 e. The van der Waals surface area contributed by atoms with E-state index < -0.39 is 0 Å². The molecule has 0 atom stereocenters. The van der Waals surface area contributed by atoms with E-state index in [1.807, 2.05) is 0 Å². The molecule has 0 unspecified atom stereocenters. The minimum absolute atomic E-state index is 0.0683. The van der Waals surface area contributed by atoms with Crippen molar-refractivity contribution in [1.29, 1.82) is 0 Å². The fraction of sp³-hybridized carbons (Fsp3) is 0.800. The Morgan fingerprint density at radius 3 is 2.43 bits per heavy atom. The summed E-state index contributed by atoms with van der Waals surface area (Å²) in [6.45, 7) is 5.08. The number of hydrogen-bond acceptors (Lipinski definition) is 2. The SMILES string of the molecule is CC(C)CCCN1C(=O)CN(C)C1=O. The van der Waals surface area contributed by atoms with Crippen molar-refractivity contribution in [3.05, 3.63) is 0 Å². The Bertz CT molecular complexity index is 238. The van der Waals surface area contributed by atoms with Crippen LogP contribution in [0.25, 0.3) is 0 Å². The van der Waals surface area contributed by atoms with E-state index in [0.717, 1.165) is 12.8 Å². The Kier molecular flexibility index (Phi) is 3.49. The molecular weight excluding hydrogens is 180 g/mol. The van der Waals surface area contributed by atoms with Gasteiger partial charge in [0.15, 0.2) is 0 Å². The van der Waals surface area contributed by atoms with Crippen LogP contribution in [0.4, 0.5) is 4.79 Å². The van der Waals surface area contributed by atoms with Gasteiger partial charge >= 0.3 is 6.03 Å². The lowest BCUT2D eigenvalue weighted by molar-refractivity contribution is -0.125. The highest BCUT2D eigenvalue weighted by Gasteiger charge is 2.32. The van der Waals surface area contributed by atoms with Gasteiger partial charge in [-0.3, -0.25) is 9.69 Å². The average molecular weight is 198 g/mol. The average Bonchev–Trinajstić information content (AvgIpc) is 2.31. The molecule has 80 valence electrons. The van der Waals surface area contributed by atoms with Crippen molar-refractivity contribution in [2.45, 2.75) is 26.7 Å². The minimum atomic E-state index is -0.154. The summed E-state index contributed by atoms with van der Waals surface area (Å²) in [5, 5.41) is 0. The molecule has 1 aliphatic heterocycles. The Morgan fingerprint density at radius 2 is 2.00 bits per heavy atom. The van der Waals surface area contributed by atoms with E-state index in [1.165, 1.54) is 9.80 Å². The van der Waals surface area contributed by atoms with Gasteiger partial charge in [-0.2, -0.15) is 0 Å². The van der Waals surface area contributed by atoms with Gasteiger partial charge in [0, 0.05) is 13.6 Å². The first-order valence-corrected chi connectivity index (χ1v) is 5.08. The molecule has 0 aromatic rings. The van der Waals surface area contributed by atoms with Crippen molar-refractivity contribution in [1.82, 2.24) is 9.80 Å². The quantitative estimate of drug-likeness (QED) is 0.639. The van der Waals surface area contributed by atoms with Crippen LogP contribution in [0, 0.1) is 5.92 Å². The smallest absolute Gasteiger partial charge is 0.318 e. The van der Waals surface area contributed by atoms with Gasteiger partial charge in [-0.05, 0) is 18.8 Å². The maximum Gasteiger partial charge on any atom is 0.326 e. The third kappa shape index (κ3) is 2.47. The number of carbonyl (C=O) groups excluding carboxylic acids is 2. The van der Waals surface area contributed by atoms with Gasteiger partial charge in [0.2, 0.25) is 5.91 Å². The van der Waals surface area contributed by atoms with Crippen LogP contribution in [-0.4, -0.2) is 41.9 Å². The molecule has 0 bridgehead atoms. The third-order valence-electron chi connectivity index (χ3n) is 2.39. The molecule has 1 heterocycles. The summed E-state index contributed by atoms with van der Waals surface area (Å²) in [5.41, 5.74) is 0. The third-order valence-corrected chi connectivity index (χ3v) is 2.39. The normalized spacial score (nSPS) is 17.4. The van der Waals surface area contributed by atoms with E-state index in [1.54, 1.807) is 7.05 Å². The standard InChI is InChI=1S/C10H18N2O2/c1-8(2)5-4-6-12-9(13)7-11(3)10(12)14/h8H,4-7H2,1-3H3. The molecule has 1 aliphatic rings. The summed E-state index contributed by atoms with van der Waals surface area (Å²) in [4.78, 5) is 25.6. The molecule has 1 rings (SSSR count). The van der Waals surface area contributed by atoms with E-state index in [0.29, 0.717) is 12.5 Å². The number of likely N-dealkylation sites (N-methyl/N-ethyl adjacent to an activating group) is 1. The summed E-state index contributed by atoms with van der Waals surface area (Å²) in [6, 6.07) is -0.154. The Balaban J connectivity index is 2.37. The fourth-order valence-corrected chi connectivity index (χ4v) is 1.55. The summed E-state index contributed by atoms with van der Waals surface area (Å²) in [6.07, 6.45) is 1.96. The fourth-order valence-electron chi connectivity index (χ4n) is 1.55. The molecule has 0 spiro atoms. The second-order valence-corrected chi connectivity index (χ2v) is 4.22. The van der Waals surface area contributed by atoms with E-state index >= 15 is 0 Å². The molecule has 0 saturated carbocycles. The van der Waals surface area contributed by atoms with Gasteiger partial charge in [0.1, 0.15) is 6.54 Å². The first kappa shape index (κ1) is 11.0. The van der Waals surface area contributed by atoms with E-state index in [4.69, 9.17) is 0 Å². The Morgan fingerprint density at radius 1 is 1.36 bits per heavy atom. The second kappa shape index (κ2) is 4.44. The van der Waals surface area contributed by atoms with Crippen LogP contribution in [0.3, 0.4) is 0 Å². The van der Waals surface area contributed by atoms with Crippen LogP contribution >= 0.6 is 0 Å². The number of nitrogens with zero attached hydrogens (tertiary/aromatic N) is 2. The predicted octanol–water partition coefficient (Wildman–Crippen LogP) is 1.32. The van der Waals surface area contributed by atoms with E-state index in [2.05, 4.69) is 13.8 Å². The van der Waals surface area contributed by atoms with Crippen LogP contribution in [0.1, 0.15) is 26.7 Å². The molecule has 1 fully saturated rings. The maximum absolute atomic E-state index is 11.4. The Labute approximate surface area is 84.9 Å². The largest absolute Gasteiger partial charge is 0.326 e. The number of imide groups is 1. The van der Waals surface area contributed by atoms with E-state index in [-0.39, 0.29) is 18.5 Å². The van der Waals surface area contributed by atoms with Gasteiger partial charge in [-0.25, -0.2) is 4.79 Å². The van der Waals surface area contributed by atoms with Crippen LogP contribution in [-0.2, 0) is 4.79 Å². The van der Waals surface area contributed by atoms with Crippen LogP contribution in [0.5, 0.6) is 0 Å². The van der Waals surface area contributed by atoms with Crippen molar-refractivity contribution >= 4 is 11.9 Å². The lowest BCUT2D eigenvalue weighted by Gasteiger charge is -2.14. The first-order valence-electron chi connectivity index (χ1n) is 5.08. The van der Waals surface area contributed by atoms with Gasteiger partial charge in [-0.15, -0.1) is 0 Å². The molecule has 14 heavy (non-hydrogen) atoms. The summed E-state index contributed by atoms with van der Waals surface area (Å²) < 4.78 is 0.